The summed E-state index contributed by atoms with van der Waals surface area (Å²) in [6.45, 7) is 0. The number of methoxy groups -OCH3 is 1. The zero-order valence-electron chi connectivity index (χ0n) is 7.54. The molecule has 0 saturated heterocycles. The van der Waals surface area contributed by atoms with E-state index in [4.69, 9.17) is 11.1 Å². The van der Waals surface area contributed by atoms with Crippen molar-refractivity contribution >= 4 is 33.4 Å². The number of amides is 1. The van der Waals surface area contributed by atoms with Gasteiger partial charge in [-0.15, -0.1) is 0 Å². The summed E-state index contributed by atoms with van der Waals surface area (Å²) in [7, 11) is 4.72. The van der Waals surface area contributed by atoms with Crippen LogP contribution in [-0.2, 0) is 9.53 Å². The van der Waals surface area contributed by atoms with Crippen LogP contribution in [0.25, 0.3) is 0 Å². The van der Waals surface area contributed by atoms with Crippen molar-refractivity contribution in [2.75, 3.05) is 18.6 Å². The summed E-state index contributed by atoms with van der Waals surface area (Å²) in [4.78, 5) is 10.3. The van der Waals surface area contributed by atoms with E-state index in [2.05, 4.69) is 4.74 Å². The molecule has 3 N–H and O–H groups in total. The first-order chi connectivity index (χ1) is 6.16. The fourth-order valence-corrected chi connectivity index (χ4v) is 2.49. The number of carbonyl (C=O) groups is 1. The Morgan fingerprint density at radius 3 is 2.38 bits per heavy atom. The molecule has 1 amide bonds. The number of nitrogens with one attached hydrogen (secondary N) is 1. The Balaban J connectivity index is 3.08. The van der Waals surface area contributed by atoms with Gasteiger partial charge in [0, 0.05) is 24.3 Å². The zero-order valence-corrected chi connectivity index (χ0v) is 9.17. The molecule has 0 aromatic carbocycles. The van der Waals surface area contributed by atoms with Crippen molar-refractivity contribution in [1.82, 2.24) is 0 Å². The number of nitrogens with two attached hydrogens (primary N) is 1. The molecule has 0 aromatic heterocycles. The normalized spacial score (nSPS) is 9.62. The fraction of sp³-hybridized carbons (Fsp3) is 0.714. The Morgan fingerprint density at radius 1 is 1.38 bits per heavy atom. The van der Waals surface area contributed by atoms with Crippen molar-refractivity contribution in [2.24, 2.45) is 5.73 Å². The molecule has 0 rings (SSSR count). The van der Waals surface area contributed by atoms with E-state index in [-0.39, 0.29) is 5.91 Å². The lowest BCUT2D eigenvalue weighted by Gasteiger charge is -2.01. The third-order valence-corrected chi connectivity index (χ3v) is 3.58. The van der Waals surface area contributed by atoms with Gasteiger partial charge in [-0.2, -0.15) is 0 Å². The quantitative estimate of drug-likeness (QED) is 0.294. The second-order valence-corrected chi connectivity index (χ2v) is 4.94. The van der Waals surface area contributed by atoms with Gasteiger partial charge in [-0.3, -0.25) is 10.2 Å². The average Bonchev–Trinajstić information content (AvgIpc) is 2.10. The molecule has 76 valence electrons. The molecular formula is C7H14N2O2S2. The largest absolute Gasteiger partial charge is 0.484 e. The Morgan fingerprint density at radius 2 is 1.92 bits per heavy atom. The highest BCUT2D eigenvalue weighted by atomic mass is 33.1. The monoisotopic (exact) mass is 222 g/mol. The lowest BCUT2D eigenvalue weighted by Crippen LogP contribution is -2.10. The van der Waals surface area contributed by atoms with Crippen LogP contribution in [0.15, 0.2) is 0 Å². The Bertz CT molecular complexity index is 176. The van der Waals surface area contributed by atoms with Crippen LogP contribution in [0.2, 0.25) is 0 Å². The molecule has 0 atom stereocenters. The van der Waals surface area contributed by atoms with E-state index in [1.165, 1.54) is 7.11 Å². The topological polar surface area (TPSA) is 76.2 Å². The van der Waals surface area contributed by atoms with Crippen molar-refractivity contribution < 1.29 is 9.53 Å². The van der Waals surface area contributed by atoms with Crippen LogP contribution < -0.4 is 5.73 Å². The van der Waals surface area contributed by atoms with Gasteiger partial charge in [-0.25, -0.2) is 0 Å². The number of primary amides is 1. The number of ether oxygens (including phenoxy) is 1. The van der Waals surface area contributed by atoms with Gasteiger partial charge < -0.3 is 10.5 Å². The molecule has 0 aromatic rings. The summed E-state index contributed by atoms with van der Waals surface area (Å²) in [6, 6.07) is 0. The first-order valence-corrected chi connectivity index (χ1v) is 6.29. The molecule has 0 saturated carbocycles. The Hall–Kier alpha value is -0.360. The molecular weight excluding hydrogens is 208 g/mol. The molecule has 0 aliphatic rings. The maximum absolute atomic E-state index is 10.3. The minimum atomic E-state index is -0.266. The van der Waals surface area contributed by atoms with E-state index < -0.39 is 0 Å². The summed E-state index contributed by atoms with van der Waals surface area (Å²) in [5.74, 6) is 1.59. The summed E-state index contributed by atoms with van der Waals surface area (Å²) in [6.07, 6.45) is 1.05. The highest BCUT2D eigenvalue weighted by molar-refractivity contribution is 8.76. The first kappa shape index (κ1) is 12.6. The molecule has 0 radical (unpaired) electrons. The maximum atomic E-state index is 10.3. The highest BCUT2D eigenvalue weighted by Gasteiger charge is 1.97. The molecule has 0 aliphatic heterocycles. The van der Waals surface area contributed by atoms with Crippen molar-refractivity contribution in [3.8, 4) is 0 Å². The molecule has 0 spiro atoms. The molecule has 0 aliphatic carbocycles. The van der Waals surface area contributed by atoms with E-state index >= 15 is 0 Å². The predicted molar refractivity (Wildman–Crippen MR) is 58.1 cm³/mol. The predicted octanol–water partition coefficient (Wildman–Crippen LogP) is 1.26. The smallest absolute Gasteiger partial charge is 0.218 e. The molecule has 0 unspecified atom stereocenters. The molecule has 0 heterocycles. The second-order valence-electron chi connectivity index (χ2n) is 2.24. The van der Waals surface area contributed by atoms with Crippen molar-refractivity contribution in [3.63, 3.8) is 0 Å². The van der Waals surface area contributed by atoms with Gasteiger partial charge in [-0.1, -0.05) is 21.6 Å². The summed E-state index contributed by atoms with van der Waals surface area (Å²) in [5, 5.41) is 7.17. The van der Waals surface area contributed by atoms with E-state index in [0.29, 0.717) is 18.7 Å². The number of hydrogen-bond donors (Lipinski definition) is 2. The third kappa shape index (κ3) is 9.55. The third-order valence-electron chi connectivity index (χ3n) is 1.17. The van der Waals surface area contributed by atoms with Crippen LogP contribution in [-0.4, -0.2) is 30.4 Å². The second kappa shape index (κ2) is 8.25. The molecule has 6 heteroatoms. The van der Waals surface area contributed by atoms with Crippen LogP contribution in [0.5, 0.6) is 0 Å². The Labute approximate surface area is 85.9 Å². The van der Waals surface area contributed by atoms with E-state index in [1.54, 1.807) is 21.6 Å². The van der Waals surface area contributed by atoms with Gasteiger partial charge in [0.25, 0.3) is 0 Å². The van der Waals surface area contributed by atoms with Crippen LogP contribution in [0, 0.1) is 5.41 Å². The van der Waals surface area contributed by atoms with Gasteiger partial charge >= 0.3 is 0 Å². The lowest BCUT2D eigenvalue weighted by molar-refractivity contribution is -0.117. The molecule has 4 nitrogen and oxygen atoms in total. The first-order valence-electron chi connectivity index (χ1n) is 3.81. The maximum Gasteiger partial charge on any atom is 0.218 e. The van der Waals surface area contributed by atoms with Crippen LogP contribution in [0.1, 0.15) is 12.8 Å². The fourth-order valence-electron chi connectivity index (χ4n) is 0.497. The zero-order chi connectivity index (χ0) is 10.1. The van der Waals surface area contributed by atoms with E-state index in [0.717, 1.165) is 11.5 Å². The summed E-state index contributed by atoms with van der Waals surface area (Å²) in [5.41, 5.74) is 4.96. The minimum Gasteiger partial charge on any atom is -0.484 e. The van der Waals surface area contributed by atoms with Gasteiger partial charge in [0.05, 0.1) is 7.11 Å². The van der Waals surface area contributed by atoms with Crippen molar-refractivity contribution in [1.29, 1.82) is 5.41 Å². The lowest BCUT2D eigenvalue weighted by atomic mass is 10.5. The average molecular weight is 222 g/mol. The van der Waals surface area contributed by atoms with Crippen LogP contribution in [0.4, 0.5) is 0 Å². The standard InChI is InChI=1S/C7H14N2O2S2/c1-11-7(9)3-5-13-12-4-2-6(8)10/h9H,2-5H2,1H3,(H2,8,10). The molecule has 13 heavy (non-hydrogen) atoms. The number of carbonyl (C=O) groups excluding carboxylic acids is 1. The molecule has 0 fully saturated rings. The van der Waals surface area contributed by atoms with Crippen LogP contribution in [0.3, 0.4) is 0 Å². The van der Waals surface area contributed by atoms with Gasteiger partial charge in [0.2, 0.25) is 5.91 Å². The van der Waals surface area contributed by atoms with Gasteiger partial charge in [0.15, 0.2) is 5.90 Å². The van der Waals surface area contributed by atoms with Crippen molar-refractivity contribution in [3.05, 3.63) is 0 Å². The number of rotatable bonds is 7. The Kier molecular flexibility index (Phi) is 8.02. The SMILES string of the molecule is COC(=N)CCSSCCC(N)=O. The van der Waals surface area contributed by atoms with Crippen molar-refractivity contribution in [2.45, 2.75) is 12.8 Å². The van der Waals surface area contributed by atoms with Gasteiger partial charge in [0.1, 0.15) is 0 Å². The molecule has 0 bridgehead atoms. The minimum absolute atomic E-state index is 0.266. The number of hydrogen-bond acceptors (Lipinski definition) is 5. The van der Waals surface area contributed by atoms with E-state index in [1.807, 2.05) is 0 Å². The summed E-state index contributed by atoms with van der Waals surface area (Å²) >= 11 is 0. The van der Waals surface area contributed by atoms with Crippen LogP contribution >= 0.6 is 21.6 Å². The summed E-state index contributed by atoms with van der Waals surface area (Å²) < 4.78 is 4.68. The van der Waals surface area contributed by atoms with E-state index in [9.17, 15) is 4.79 Å². The van der Waals surface area contributed by atoms with Gasteiger partial charge in [-0.05, 0) is 0 Å². The highest BCUT2D eigenvalue weighted by Crippen LogP contribution is 2.22.